The zero-order valence-electron chi connectivity index (χ0n) is 12.9. The summed E-state index contributed by atoms with van der Waals surface area (Å²) in [6.45, 7) is 3.95. The summed E-state index contributed by atoms with van der Waals surface area (Å²) in [7, 11) is 0. The molecule has 2 bridgehead atoms. The van der Waals surface area contributed by atoms with Crippen LogP contribution in [0.1, 0.15) is 13.8 Å². The number of carboxylic acid groups (broad SMARTS) is 1. The van der Waals surface area contributed by atoms with Crippen molar-refractivity contribution in [3.63, 3.8) is 0 Å². The van der Waals surface area contributed by atoms with Crippen LogP contribution in [0.2, 0.25) is 5.02 Å². The molecule has 0 aliphatic heterocycles. The molecule has 5 heteroatoms. The Bertz CT molecular complexity index is 716. The second-order valence-corrected chi connectivity index (χ2v) is 6.71. The monoisotopic (exact) mass is 331 g/mol. The Morgan fingerprint density at radius 1 is 1.04 bits per heavy atom. The lowest BCUT2D eigenvalue weighted by Crippen LogP contribution is -2.36. The van der Waals surface area contributed by atoms with Crippen LogP contribution in [0.3, 0.4) is 0 Å². The maximum atomic E-state index is 12.7. The molecule has 2 aliphatic carbocycles. The van der Waals surface area contributed by atoms with Crippen LogP contribution in [0.25, 0.3) is 0 Å². The van der Waals surface area contributed by atoms with E-state index in [0.29, 0.717) is 10.7 Å². The normalized spacial score (nSPS) is 28.0. The van der Waals surface area contributed by atoms with E-state index < -0.39 is 17.8 Å². The maximum Gasteiger partial charge on any atom is 0.308 e. The summed E-state index contributed by atoms with van der Waals surface area (Å²) in [6, 6.07) is 6.80. The molecule has 1 aromatic carbocycles. The number of fused-ring (bicyclic) bond motifs is 2. The molecule has 0 aromatic heterocycles. The van der Waals surface area contributed by atoms with Crippen molar-refractivity contribution in [2.75, 3.05) is 5.32 Å². The molecule has 0 radical (unpaired) electrons. The lowest BCUT2D eigenvalue weighted by molar-refractivity contribution is -0.146. The average Bonchev–Trinajstić information content (AvgIpc) is 3.05. The molecule has 2 N–H and O–H groups in total. The van der Waals surface area contributed by atoms with Crippen LogP contribution in [0.5, 0.6) is 0 Å². The second-order valence-electron chi connectivity index (χ2n) is 6.28. The molecule has 1 amide bonds. The molecule has 1 aromatic rings. The number of allylic oxidation sites excluding steroid dienone is 4. The van der Waals surface area contributed by atoms with E-state index in [2.05, 4.69) is 5.32 Å². The highest BCUT2D eigenvalue weighted by Gasteiger charge is 2.54. The SMILES string of the molecule is CC(C)=C1[C@@H]2C=C[C@@H]1[C@@H](C(=O)Nc1ccc(Cl)cc1)[C@H]2C(=O)O. The number of carboxylic acids is 1. The van der Waals surface area contributed by atoms with Crippen molar-refractivity contribution in [2.24, 2.45) is 23.7 Å². The highest BCUT2D eigenvalue weighted by Crippen LogP contribution is 2.53. The zero-order valence-corrected chi connectivity index (χ0v) is 13.7. The Hall–Kier alpha value is -2.07. The fraction of sp³-hybridized carbons (Fsp3) is 0.333. The predicted octanol–water partition coefficient (Wildman–Crippen LogP) is 3.75. The van der Waals surface area contributed by atoms with Crippen LogP contribution < -0.4 is 5.32 Å². The molecule has 0 unspecified atom stereocenters. The zero-order chi connectivity index (χ0) is 16.7. The summed E-state index contributed by atoms with van der Waals surface area (Å²) in [5.74, 6) is -2.76. The van der Waals surface area contributed by atoms with Crippen molar-refractivity contribution in [3.8, 4) is 0 Å². The van der Waals surface area contributed by atoms with Crippen molar-refractivity contribution < 1.29 is 14.7 Å². The van der Waals surface area contributed by atoms with Gasteiger partial charge in [-0.2, -0.15) is 0 Å². The number of rotatable bonds is 3. The number of carbonyl (C=O) groups is 2. The van der Waals surface area contributed by atoms with Crippen LogP contribution >= 0.6 is 11.6 Å². The highest BCUT2D eigenvalue weighted by atomic mass is 35.5. The van der Waals surface area contributed by atoms with Gasteiger partial charge in [0.25, 0.3) is 0 Å². The van der Waals surface area contributed by atoms with E-state index in [1.165, 1.54) is 0 Å². The van der Waals surface area contributed by atoms with E-state index in [4.69, 9.17) is 11.6 Å². The van der Waals surface area contributed by atoms with Crippen molar-refractivity contribution in [3.05, 3.63) is 52.6 Å². The van der Waals surface area contributed by atoms with E-state index in [9.17, 15) is 14.7 Å². The van der Waals surface area contributed by atoms with Gasteiger partial charge in [0.2, 0.25) is 5.91 Å². The minimum atomic E-state index is -0.920. The first kappa shape index (κ1) is 15.8. The number of amides is 1. The number of hydrogen-bond donors (Lipinski definition) is 2. The Labute approximate surface area is 139 Å². The van der Waals surface area contributed by atoms with Crippen LogP contribution in [-0.4, -0.2) is 17.0 Å². The lowest BCUT2D eigenvalue weighted by atomic mass is 9.82. The van der Waals surface area contributed by atoms with Crippen molar-refractivity contribution in [1.29, 1.82) is 0 Å². The molecule has 0 saturated heterocycles. The number of anilines is 1. The van der Waals surface area contributed by atoms with Gasteiger partial charge in [0.1, 0.15) is 0 Å². The summed E-state index contributed by atoms with van der Waals surface area (Å²) in [4.78, 5) is 24.4. The third-order valence-electron chi connectivity index (χ3n) is 4.68. The Morgan fingerprint density at radius 3 is 2.13 bits per heavy atom. The van der Waals surface area contributed by atoms with Crippen molar-refractivity contribution in [1.82, 2.24) is 0 Å². The first-order chi connectivity index (χ1) is 10.9. The molecule has 4 nitrogen and oxygen atoms in total. The van der Waals surface area contributed by atoms with Crippen molar-refractivity contribution >= 4 is 29.2 Å². The summed E-state index contributed by atoms with van der Waals surface area (Å²) >= 11 is 5.84. The van der Waals surface area contributed by atoms with E-state index in [0.717, 1.165) is 11.1 Å². The minimum Gasteiger partial charge on any atom is -0.481 e. The second kappa shape index (κ2) is 5.85. The lowest BCUT2D eigenvalue weighted by Gasteiger charge is -2.23. The first-order valence-corrected chi connectivity index (χ1v) is 7.92. The number of benzene rings is 1. The van der Waals surface area contributed by atoms with Crippen LogP contribution in [0, 0.1) is 23.7 Å². The molecule has 4 atom stereocenters. The molecule has 0 spiro atoms. The molecule has 23 heavy (non-hydrogen) atoms. The van der Waals surface area contributed by atoms with Gasteiger partial charge >= 0.3 is 5.97 Å². The van der Waals surface area contributed by atoms with Crippen LogP contribution in [0.15, 0.2) is 47.6 Å². The number of nitrogens with one attached hydrogen (secondary N) is 1. The first-order valence-electron chi connectivity index (χ1n) is 7.55. The van der Waals surface area contributed by atoms with Crippen LogP contribution in [0.4, 0.5) is 5.69 Å². The van der Waals surface area contributed by atoms with E-state index in [1.807, 2.05) is 26.0 Å². The topological polar surface area (TPSA) is 66.4 Å². The predicted molar refractivity (Wildman–Crippen MR) is 89.2 cm³/mol. The van der Waals surface area contributed by atoms with E-state index in [1.54, 1.807) is 24.3 Å². The van der Waals surface area contributed by atoms with Crippen molar-refractivity contribution in [2.45, 2.75) is 13.8 Å². The fourth-order valence-corrected chi connectivity index (χ4v) is 3.93. The van der Waals surface area contributed by atoms with E-state index in [-0.39, 0.29) is 17.7 Å². The Balaban J connectivity index is 1.89. The smallest absolute Gasteiger partial charge is 0.308 e. The van der Waals surface area contributed by atoms with Crippen LogP contribution in [-0.2, 0) is 9.59 Å². The number of carbonyl (C=O) groups excluding carboxylic acids is 1. The van der Waals surface area contributed by atoms with Gasteiger partial charge in [0, 0.05) is 22.5 Å². The van der Waals surface area contributed by atoms with Gasteiger partial charge in [-0.15, -0.1) is 0 Å². The molecule has 120 valence electrons. The summed E-state index contributed by atoms with van der Waals surface area (Å²) in [5.41, 5.74) is 2.79. The van der Waals surface area contributed by atoms with Gasteiger partial charge in [-0.3, -0.25) is 9.59 Å². The molecule has 3 rings (SSSR count). The largest absolute Gasteiger partial charge is 0.481 e. The summed E-state index contributed by atoms with van der Waals surface area (Å²) in [6.07, 6.45) is 3.90. The average molecular weight is 332 g/mol. The fourth-order valence-electron chi connectivity index (χ4n) is 3.80. The summed E-state index contributed by atoms with van der Waals surface area (Å²) < 4.78 is 0. The number of halogens is 1. The number of hydrogen-bond acceptors (Lipinski definition) is 2. The van der Waals surface area contributed by atoms with E-state index >= 15 is 0 Å². The molecular weight excluding hydrogens is 314 g/mol. The molecule has 0 heterocycles. The minimum absolute atomic E-state index is 0.126. The van der Waals surface area contributed by atoms with Gasteiger partial charge in [0.05, 0.1) is 11.8 Å². The number of aliphatic carboxylic acids is 1. The summed E-state index contributed by atoms with van der Waals surface area (Å²) in [5, 5.41) is 13.0. The Morgan fingerprint density at radius 2 is 1.61 bits per heavy atom. The van der Waals surface area contributed by atoms with Gasteiger partial charge in [-0.05, 0) is 38.1 Å². The quantitative estimate of drug-likeness (QED) is 0.829. The van der Waals surface area contributed by atoms with Gasteiger partial charge < -0.3 is 10.4 Å². The Kier molecular flexibility index (Phi) is 4.02. The highest BCUT2D eigenvalue weighted by molar-refractivity contribution is 6.30. The molecular formula is C18H18ClNO3. The van der Waals surface area contributed by atoms with Gasteiger partial charge in [-0.25, -0.2) is 0 Å². The van der Waals surface area contributed by atoms with Gasteiger partial charge in [0.15, 0.2) is 0 Å². The molecule has 2 aliphatic rings. The molecule has 1 saturated carbocycles. The third kappa shape index (κ3) is 2.68. The molecule has 1 fully saturated rings. The van der Waals surface area contributed by atoms with Gasteiger partial charge in [-0.1, -0.05) is 34.9 Å². The standard InChI is InChI=1S/C18H18ClNO3/c1-9(2)14-12-7-8-13(14)16(18(22)23)15(12)17(21)20-11-5-3-10(19)4-6-11/h3-8,12-13,15-16H,1-2H3,(H,20,21)(H,22,23)/t12-,13-,15+,16-/m0/s1. The maximum absolute atomic E-state index is 12.7. The third-order valence-corrected chi connectivity index (χ3v) is 4.93.